The summed E-state index contributed by atoms with van der Waals surface area (Å²) in [6, 6.07) is 12.7. The molecule has 2 N–H and O–H groups in total. The molecular weight excluding hydrogens is 269 g/mol. The van der Waals surface area contributed by atoms with E-state index in [4.69, 9.17) is 0 Å². The molecule has 3 aromatic rings. The van der Waals surface area contributed by atoms with Crippen molar-refractivity contribution in [1.82, 2.24) is 20.6 Å². The van der Waals surface area contributed by atoms with Crippen molar-refractivity contribution in [2.24, 2.45) is 0 Å². The summed E-state index contributed by atoms with van der Waals surface area (Å²) in [5.41, 5.74) is 3.39. The quantitative estimate of drug-likeness (QED) is 0.772. The number of aryl methyl sites for hydroxylation is 1. The van der Waals surface area contributed by atoms with Gasteiger partial charge in [-0.25, -0.2) is 4.39 Å². The topological polar surface area (TPSA) is 66.5 Å². The highest BCUT2D eigenvalue weighted by Gasteiger charge is 2.05. The molecule has 6 heteroatoms. The first-order valence-electron chi connectivity index (χ1n) is 6.55. The maximum atomic E-state index is 13.7. The Morgan fingerprint density at radius 1 is 1.19 bits per heavy atom. The van der Waals surface area contributed by atoms with E-state index in [0.29, 0.717) is 17.9 Å². The van der Waals surface area contributed by atoms with Crippen molar-refractivity contribution in [3.05, 3.63) is 59.4 Å². The van der Waals surface area contributed by atoms with Crippen molar-refractivity contribution in [3.63, 3.8) is 0 Å². The van der Waals surface area contributed by atoms with Crippen molar-refractivity contribution in [3.8, 4) is 11.4 Å². The minimum atomic E-state index is -0.206. The number of aromatic nitrogens is 4. The molecule has 2 aromatic carbocycles. The molecular formula is C15H14FN5. The third-order valence-corrected chi connectivity index (χ3v) is 3.15. The zero-order chi connectivity index (χ0) is 14.7. The van der Waals surface area contributed by atoms with Crippen LogP contribution in [0, 0.1) is 12.7 Å². The van der Waals surface area contributed by atoms with Crippen LogP contribution in [-0.2, 0) is 6.54 Å². The Balaban J connectivity index is 1.76. The number of benzene rings is 2. The molecule has 0 aliphatic rings. The van der Waals surface area contributed by atoms with E-state index in [2.05, 4.69) is 25.9 Å². The predicted molar refractivity (Wildman–Crippen MR) is 78.1 cm³/mol. The van der Waals surface area contributed by atoms with E-state index >= 15 is 0 Å². The Labute approximate surface area is 121 Å². The fourth-order valence-electron chi connectivity index (χ4n) is 2.09. The molecule has 0 aliphatic heterocycles. The zero-order valence-corrected chi connectivity index (χ0v) is 11.5. The van der Waals surface area contributed by atoms with E-state index in [1.54, 1.807) is 6.07 Å². The monoisotopic (exact) mass is 283 g/mol. The average Bonchev–Trinajstić information content (AvgIpc) is 3.03. The number of anilines is 1. The van der Waals surface area contributed by atoms with Crippen LogP contribution in [0.5, 0.6) is 0 Å². The molecule has 0 radical (unpaired) electrons. The van der Waals surface area contributed by atoms with Gasteiger partial charge in [-0.2, -0.15) is 5.21 Å². The SMILES string of the molecule is Cc1ccc(F)c(CNc2cccc(-c3nn[nH]n3)c2)c1. The minimum absolute atomic E-state index is 0.206. The zero-order valence-electron chi connectivity index (χ0n) is 11.5. The van der Waals surface area contributed by atoms with Crippen LogP contribution < -0.4 is 5.32 Å². The van der Waals surface area contributed by atoms with Crippen LogP contribution in [0.3, 0.4) is 0 Å². The molecule has 0 fully saturated rings. The van der Waals surface area contributed by atoms with Gasteiger partial charge in [0.15, 0.2) is 0 Å². The van der Waals surface area contributed by atoms with Gasteiger partial charge in [0, 0.05) is 23.4 Å². The maximum absolute atomic E-state index is 13.7. The van der Waals surface area contributed by atoms with Gasteiger partial charge in [0.2, 0.25) is 5.82 Å². The second-order valence-electron chi connectivity index (χ2n) is 4.76. The fourth-order valence-corrected chi connectivity index (χ4v) is 2.09. The lowest BCUT2D eigenvalue weighted by atomic mass is 10.1. The Bertz CT molecular complexity index is 740. The van der Waals surface area contributed by atoms with E-state index < -0.39 is 0 Å². The predicted octanol–water partition coefficient (Wildman–Crippen LogP) is 2.93. The lowest BCUT2D eigenvalue weighted by Gasteiger charge is -2.09. The summed E-state index contributed by atoms with van der Waals surface area (Å²) in [7, 11) is 0. The van der Waals surface area contributed by atoms with Gasteiger partial charge in [-0.15, -0.1) is 10.2 Å². The normalized spacial score (nSPS) is 10.6. The Hall–Kier alpha value is -2.76. The summed E-state index contributed by atoms with van der Waals surface area (Å²) in [6.07, 6.45) is 0. The van der Waals surface area contributed by atoms with Gasteiger partial charge in [-0.1, -0.05) is 29.8 Å². The van der Waals surface area contributed by atoms with Crippen molar-refractivity contribution < 1.29 is 4.39 Å². The van der Waals surface area contributed by atoms with Gasteiger partial charge < -0.3 is 5.32 Å². The van der Waals surface area contributed by atoms with Gasteiger partial charge in [0.25, 0.3) is 0 Å². The van der Waals surface area contributed by atoms with Crippen LogP contribution in [0.25, 0.3) is 11.4 Å². The smallest absolute Gasteiger partial charge is 0.204 e. The second-order valence-corrected chi connectivity index (χ2v) is 4.76. The van der Waals surface area contributed by atoms with E-state index in [1.807, 2.05) is 37.3 Å². The first-order chi connectivity index (χ1) is 10.2. The Morgan fingerprint density at radius 2 is 2.10 bits per heavy atom. The molecule has 3 rings (SSSR count). The lowest BCUT2D eigenvalue weighted by molar-refractivity contribution is 0.612. The molecule has 0 aliphatic carbocycles. The van der Waals surface area contributed by atoms with Crippen LogP contribution in [0.15, 0.2) is 42.5 Å². The third-order valence-electron chi connectivity index (χ3n) is 3.15. The molecule has 0 amide bonds. The number of aromatic amines is 1. The summed E-state index contributed by atoms with van der Waals surface area (Å²) in [6.45, 7) is 2.36. The molecule has 5 nitrogen and oxygen atoms in total. The molecule has 0 atom stereocenters. The summed E-state index contributed by atoms with van der Waals surface area (Å²) < 4.78 is 13.7. The molecule has 0 unspecified atom stereocenters. The van der Waals surface area contributed by atoms with Crippen LogP contribution in [0.1, 0.15) is 11.1 Å². The number of rotatable bonds is 4. The summed E-state index contributed by atoms with van der Waals surface area (Å²) in [5, 5.41) is 17.0. The summed E-state index contributed by atoms with van der Waals surface area (Å²) in [4.78, 5) is 0. The van der Waals surface area contributed by atoms with E-state index in [-0.39, 0.29) is 5.82 Å². The maximum Gasteiger partial charge on any atom is 0.204 e. The summed E-state index contributed by atoms with van der Waals surface area (Å²) in [5.74, 6) is 0.322. The first-order valence-corrected chi connectivity index (χ1v) is 6.55. The van der Waals surface area contributed by atoms with Crippen molar-refractivity contribution in [2.45, 2.75) is 13.5 Å². The summed E-state index contributed by atoms with van der Waals surface area (Å²) >= 11 is 0. The molecule has 1 aromatic heterocycles. The number of tetrazole rings is 1. The molecule has 1 heterocycles. The standard InChI is InChI=1S/C15H14FN5/c1-10-5-6-14(16)12(7-10)9-17-13-4-2-3-11(8-13)15-18-20-21-19-15/h2-8,17H,9H2,1H3,(H,18,19,20,21). The largest absolute Gasteiger partial charge is 0.381 e. The molecule has 106 valence electrons. The van der Waals surface area contributed by atoms with Gasteiger partial charge in [-0.05, 0) is 30.3 Å². The van der Waals surface area contributed by atoms with Crippen LogP contribution in [-0.4, -0.2) is 20.6 Å². The number of nitrogens with zero attached hydrogens (tertiary/aromatic N) is 3. The molecule has 0 saturated carbocycles. The molecule has 0 spiro atoms. The number of hydrogen-bond donors (Lipinski definition) is 2. The third kappa shape index (κ3) is 3.05. The van der Waals surface area contributed by atoms with E-state index in [1.165, 1.54) is 6.07 Å². The van der Waals surface area contributed by atoms with Gasteiger partial charge in [0.1, 0.15) is 5.82 Å². The van der Waals surface area contributed by atoms with Crippen molar-refractivity contribution in [2.75, 3.05) is 5.32 Å². The minimum Gasteiger partial charge on any atom is -0.381 e. The molecule has 0 saturated heterocycles. The van der Waals surface area contributed by atoms with E-state index in [9.17, 15) is 4.39 Å². The fraction of sp³-hybridized carbons (Fsp3) is 0.133. The van der Waals surface area contributed by atoms with Gasteiger partial charge in [0.05, 0.1) is 0 Å². The van der Waals surface area contributed by atoms with Crippen LogP contribution in [0.2, 0.25) is 0 Å². The van der Waals surface area contributed by atoms with Crippen LogP contribution >= 0.6 is 0 Å². The van der Waals surface area contributed by atoms with E-state index in [0.717, 1.165) is 16.8 Å². The van der Waals surface area contributed by atoms with Crippen molar-refractivity contribution in [1.29, 1.82) is 0 Å². The van der Waals surface area contributed by atoms with Crippen LogP contribution in [0.4, 0.5) is 10.1 Å². The average molecular weight is 283 g/mol. The van der Waals surface area contributed by atoms with Gasteiger partial charge >= 0.3 is 0 Å². The molecule has 21 heavy (non-hydrogen) atoms. The number of H-pyrrole nitrogens is 1. The Kier molecular flexibility index (Phi) is 3.59. The highest BCUT2D eigenvalue weighted by molar-refractivity contribution is 5.61. The number of hydrogen-bond acceptors (Lipinski definition) is 4. The highest BCUT2D eigenvalue weighted by atomic mass is 19.1. The van der Waals surface area contributed by atoms with Crippen molar-refractivity contribution >= 4 is 5.69 Å². The second kappa shape index (κ2) is 5.70. The van der Waals surface area contributed by atoms with Gasteiger partial charge in [-0.3, -0.25) is 0 Å². The first kappa shape index (κ1) is 13.2. The Morgan fingerprint density at radius 3 is 2.90 bits per heavy atom. The number of halogens is 1. The number of nitrogens with one attached hydrogen (secondary N) is 2. The lowest BCUT2D eigenvalue weighted by Crippen LogP contribution is -2.02. The highest BCUT2D eigenvalue weighted by Crippen LogP contribution is 2.19. The molecule has 0 bridgehead atoms.